The maximum absolute atomic E-state index is 14.0. The van der Waals surface area contributed by atoms with Gasteiger partial charge in [0.1, 0.15) is 11.2 Å². The molecule has 0 atom stereocenters. The van der Waals surface area contributed by atoms with E-state index in [2.05, 4.69) is 252 Å². The van der Waals surface area contributed by atoms with Crippen LogP contribution in [0, 0.1) is 6.92 Å². The summed E-state index contributed by atoms with van der Waals surface area (Å²) >= 11 is 0. The zero-order chi connectivity index (χ0) is 60.9. The summed E-state index contributed by atoms with van der Waals surface area (Å²) in [7, 11) is 0. The molecule has 0 aliphatic carbocycles. The van der Waals surface area contributed by atoms with Crippen LogP contribution in [0.3, 0.4) is 0 Å². The Bertz CT molecular complexity index is 5440. The summed E-state index contributed by atoms with van der Waals surface area (Å²) in [5.41, 5.74) is 14.6. The SMILES string of the molecule is Cc1c(-c2ccc(N(c3ccccc3)c3ccc(-c4ccc(N(c5ccccc5)c5ccc(-c6cc7c(ccc8cc(C(C)(C)C)ccc87)oc6=O)cc5)c5ccc6ccccc6c45)c4ccccc34)cc2)c(=O)oc2ccc3cc(C(C)(C)C)ccc3c12. The monoisotopic (exact) mass is 1150 g/mol. The summed E-state index contributed by atoms with van der Waals surface area (Å²) in [5.74, 6) is 0. The normalized spacial score (nSPS) is 12.1. The summed E-state index contributed by atoms with van der Waals surface area (Å²) in [5, 5.41) is 12.9. The molecule has 0 N–H and O–H groups in total. The lowest BCUT2D eigenvalue weighted by Crippen LogP contribution is -2.11. The average molecular weight is 1150 g/mol. The first-order valence-electron chi connectivity index (χ1n) is 30.5. The summed E-state index contributed by atoms with van der Waals surface area (Å²) in [6.45, 7) is 15.4. The van der Waals surface area contributed by atoms with E-state index in [9.17, 15) is 9.59 Å². The highest BCUT2D eigenvalue weighted by molar-refractivity contribution is 6.21. The van der Waals surface area contributed by atoms with Crippen LogP contribution < -0.4 is 21.1 Å². The molecule has 6 heteroatoms. The molecule has 0 saturated carbocycles. The quantitative estimate of drug-likeness (QED) is 0.106. The maximum Gasteiger partial charge on any atom is 0.344 e. The van der Waals surface area contributed by atoms with Gasteiger partial charge in [-0.25, -0.2) is 9.59 Å². The molecular weight excluding hydrogens is 1090 g/mol. The molecule has 2 aromatic heterocycles. The van der Waals surface area contributed by atoms with Gasteiger partial charge in [0.25, 0.3) is 0 Å². The standard InChI is InChI=1S/C83H64N2O4/c1-51-77(81(87)89-76-47-32-56-49-58(83(5,6)7)34-41-65(56)78(51)76)54-28-37-62(38-29-54)84(59-19-10-8-11-20-59)73-44-42-67(66-24-16-17-25-68(66)73)69-43-45-74(70-39-30-52-18-14-15-23-64(52)79(69)70)85(60-21-12-9-13-22-60)61-35-26-53(27-36-61)71-50-72-63-40-33-57(82(2,3)4)48-55(63)31-46-75(72)88-80(71)86/h8-50H,1-7H3. The molecule has 2 heterocycles. The van der Waals surface area contributed by atoms with Gasteiger partial charge in [0, 0.05) is 44.3 Å². The molecule has 15 aromatic rings. The largest absolute Gasteiger partial charge is 0.422 e. The molecule has 430 valence electrons. The highest BCUT2D eigenvalue weighted by Gasteiger charge is 2.25. The number of fused-ring (bicyclic) bond motifs is 10. The van der Waals surface area contributed by atoms with Gasteiger partial charge in [-0.1, -0.05) is 224 Å². The second-order valence-corrected chi connectivity index (χ2v) is 25.6. The molecule has 13 aromatic carbocycles. The Morgan fingerprint density at radius 1 is 0.315 bits per heavy atom. The third-order valence-electron chi connectivity index (χ3n) is 18.0. The van der Waals surface area contributed by atoms with Crippen molar-refractivity contribution in [3.63, 3.8) is 0 Å². The van der Waals surface area contributed by atoms with E-state index in [1.165, 1.54) is 11.1 Å². The summed E-state index contributed by atoms with van der Waals surface area (Å²) < 4.78 is 12.2. The van der Waals surface area contributed by atoms with Crippen molar-refractivity contribution in [2.45, 2.75) is 59.3 Å². The molecule has 0 spiro atoms. The third-order valence-corrected chi connectivity index (χ3v) is 18.0. The third kappa shape index (κ3) is 9.51. The lowest BCUT2D eigenvalue weighted by Gasteiger charge is -2.29. The van der Waals surface area contributed by atoms with E-state index in [4.69, 9.17) is 8.83 Å². The number of aryl methyl sites for hydroxylation is 1. The van der Waals surface area contributed by atoms with Gasteiger partial charge in [-0.2, -0.15) is 0 Å². The van der Waals surface area contributed by atoms with E-state index in [0.717, 1.165) is 127 Å². The van der Waals surface area contributed by atoms with Gasteiger partial charge in [-0.05, 0) is 179 Å². The molecule has 89 heavy (non-hydrogen) atoms. The molecule has 15 rings (SSSR count). The highest BCUT2D eigenvalue weighted by atomic mass is 16.4. The minimum absolute atomic E-state index is 0.000407. The number of rotatable bonds is 9. The lowest BCUT2D eigenvalue weighted by molar-refractivity contribution is 0.562. The Labute approximate surface area is 516 Å². The van der Waals surface area contributed by atoms with E-state index >= 15 is 0 Å². The summed E-state index contributed by atoms with van der Waals surface area (Å²) in [6, 6.07) is 91.6. The van der Waals surface area contributed by atoms with Gasteiger partial charge in [0.15, 0.2) is 0 Å². The first-order chi connectivity index (χ1) is 43.1. The minimum Gasteiger partial charge on any atom is -0.422 e. The second kappa shape index (κ2) is 21.3. The first-order valence-corrected chi connectivity index (χ1v) is 30.5. The van der Waals surface area contributed by atoms with Crippen LogP contribution in [-0.2, 0) is 10.8 Å². The Morgan fingerprint density at radius 3 is 1.42 bits per heavy atom. The Morgan fingerprint density at radius 2 is 0.787 bits per heavy atom. The van der Waals surface area contributed by atoms with Crippen molar-refractivity contribution in [1.82, 2.24) is 0 Å². The molecule has 0 radical (unpaired) electrons. The molecule has 0 saturated heterocycles. The van der Waals surface area contributed by atoms with Crippen molar-refractivity contribution in [1.29, 1.82) is 0 Å². The Hall–Kier alpha value is -10.8. The van der Waals surface area contributed by atoms with Gasteiger partial charge in [0.2, 0.25) is 0 Å². The average Bonchev–Trinajstić information content (AvgIpc) is 0.783. The van der Waals surface area contributed by atoms with Gasteiger partial charge in [-0.3, -0.25) is 0 Å². The summed E-state index contributed by atoms with van der Waals surface area (Å²) in [6.07, 6.45) is 0. The molecular formula is C83H64N2O4. The molecule has 0 aliphatic rings. The van der Waals surface area contributed by atoms with Crippen LogP contribution in [0.25, 0.3) is 109 Å². The van der Waals surface area contributed by atoms with Crippen molar-refractivity contribution in [2.24, 2.45) is 0 Å². The van der Waals surface area contributed by atoms with Crippen LogP contribution in [0.5, 0.6) is 0 Å². The molecule has 6 nitrogen and oxygen atoms in total. The van der Waals surface area contributed by atoms with Gasteiger partial charge in [0.05, 0.1) is 22.5 Å². The lowest BCUT2D eigenvalue weighted by atomic mass is 9.85. The number of hydrogen-bond acceptors (Lipinski definition) is 6. The van der Waals surface area contributed by atoms with Gasteiger partial charge < -0.3 is 18.6 Å². The predicted molar refractivity (Wildman–Crippen MR) is 374 cm³/mol. The van der Waals surface area contributed by atoms with Crippen molar-refractivity contribution in [2.75, 3.05) is 9.80 Å². The molecule has 0 fully saturated rings. The van der Waals surface area contributed by atoms with Crippen LogP contribution in [0.2, 0.25) is 0 Å². The van der Waals surface area contributed by atoms with Crippen molar-refractivity contribution in [3.8, 4) is 33.4 Å². The fourth-order valence-corrected chi connectivity index (χ4v) is 13.4. The topological polar surface area (TPSA) is 66.9 Å². The van der Waals surface area contributed by atoms with E-state index in [1.807, 2.05) is 67.6 Å². The Kier molecular flexibility index (Phi) is 13.1. The number of benzene rings is 13. The highest BCUT2D eigenvalue weighted by Crippen LogP contribution is 2.49. The zero-order valence-electron chi connectivity index (χ0n) is 50.9. The van der Waals surface area contributed by atoms with E-state index in [-0.39, 0.29) is 22.1 Å². The van der Waals surface area contributed by atoms with Crippen molar-refractivity contribution < 1.29 is 8.83 Å². The van der Waals surface area contributed by atoms with Crippen LogP contribution in [0.15, 0.2) is 279 Å². The van der Waals surface area contributed by atoms with Crippen molar-refractivity contribution in [3.05, 3.63) is 298 Å². The van der Waals surface area contributed by atoms with Gasteiger partial charge in [-0.15, -0.1) is 0 Å². The number of anilines is 6. The maximum atomic E-state index is 14.0. The molecule has 0 amide bonds. The van der Waals surface area contributed by atoms with Crippen LogP contribution in [0.1, 0.15) is 58.2 Å². The van der Waals surface area contributed by atoms with Crippen LogP contribution in [-0.4, -0.2) is 0 Å². The van der Waals surface area contributed by atoms with Crippen molar-refractivity contribution >= 4 is 110 Å². The smallest absolute Gasteiger partial charge is 0.344 e. The summed E-state index contributed by atoms with van der Waals surface area (Å²) in [4.78, 5) is 32.5. The fraction of sp³-hybridized carbons (Fsp3) is 0.108. The molecule has 0 unspecified atom stereocenters. The van der Waals surface area contributed by atoms with E-state index < -0.39 is 0 Å². The number of hydrogen-bond donors (Lipinski definition) is 0. The second-order valence-electron chi connectivity index (χ2n) is 25.6. The predicted octanol–water partition coefficient (Wildman–Crippen LogP) is 22.5. The van der Waals surface area contributed by atoms with E-state index in [0.29, 0.717) is 22.3 Å². The van der Waals surface area contributed by atoms with E-state index in [1.54, 1.807) is 0 Å². The zero-order valence-corrected chi connectivity index (χ0v) is 50.9. The fourth-order valence-electron chi connectivity index (χ4n) is 13.4. The van der Waals surface area contributed by atoms with Gasteiger partial charge >= 0.3 is 11.3 Å². The number of para-hydroxylation sites is 2. The Balaban J connectivity index is 0.840. The first kappa shape index (κ1) is 54.8. The van der Waals surface area contributed by atoms with Crippen LogP contribution in [0.4, 0.5) is 34.1 Å². The molecule has 0 aliphatic heterocycles. The number of nitrogens with zero attached hydrogens (tertiary/aromatic N) is 2. The van der Waals surface area contributed by atoms with Crippen LogP contribution >= 0.6 is 0 Å². The molecule has 0 bridgehead atoms. The minimum atomic E-state index is -0.375.